The molecule has 0 fully saturated rings. The second-order valence-electron chi connectivity index (χ2n) is 7.91. The fourth-order valence-corrected chi connectivity index (χ4v) is 3.95. The zero-order valence-corrected chi connectivity index (χ0v) is 18.3. The number of carbonyl (C=O) groups excluding carboxylic acids is 1. The first-order valence-electron chi connectivity index (χ1n) is 11.0. The molecule has 0 aliphatic heterocycles. The SMILES string of the molecule is CCCCCNC(=O)c1cc2c(=O)n3ccccc3nc2n(C(C)c2ccccc2)c1=N. The molecule has 0 aliphatic carbocycles. The van der Waals surface area contributed by atoms with E-state index in [0.717, 1.165) is 24.8 Å². The lowest BCUT2D eigenvalue weighted by Gasteiger charge is -2.21. The number of amides is 1. The molecular formula is C25H27N5O2. The van der Waals surface area contributed by atoms with E-state index >= 15 is 0 Å². The van der Waals surface area contributed by atoms with Crippen LogP contribution in [0.25, 0.3) is 16.7 Å². The number of pyridine rings is 2. The molecule has 7 nitrogen and oxygen atoms in total. The van der Waals surface area contributed by atoms with Crippen molar-refractivity contribution in [3.63, 3.8) is 0 Å². The molecule has 32 heavy (non-hydrogen) atoms. The average molecular weight is 430 g/mol. The van der Waals surface area contributed by atoms with E-state index in [2.05, 4.69) is 12.2 Å². The summed E-state index contributed by atoms with van der Waals surface area (Å²) in [5.41, 5.74) is 1.79. The first-order chi connectivity index (χ1) is 15.5. The van der Waals surface area contributed by atoms with Crippen molar-refractivity contribution in [2.24, 2.45) is 0 Å². The van der Waals surface area contributed by atoms with Gasteiger partial charge in [0.05, 0.1) is 17.0 Å². The Bertz CT molecular complexity index is 1390. The number of nitrogens with one attached hydrogen (secondary N) is 2. The maximum absolute atomic E-state index is 13.3. The maximum atomic E-state index is 13.3. The van der Waals surface area contributed by atoms with Gasteiger partial charge in [-0.2, -0.15) is 0 Å². The summed E-state index contributed by atoms with van der Waals surface area (Å²) in [7, 11) is 0. The summed E-state index contributed by atoms with van der Waals surface area (Å²) >= 11 is 0. The zero-order chi connectivity index (χ0) is 22.7. The fourth-order valence-electron chi connectivity index (χ4n) is 3.95. The molecule has 0 spiro atoms. The van der Waals surface area contributed by atoms with Gasteiger partial charge < -0.3 is 9.88 Å². The van der Waals surface area contributed by atoms with Crippen molar-refractivity contribution in [1.29, 1.82) is 5.41 Å². The quantitative estimate of drug-likeness (QED) is 0.347. The highest BCUT2D eigenvalue weighted by Crippen LogP contribution is 2.20. The number of rotatable bonds is 7. The molecule has 4 aromatic rings. The number of hydrogen-bond donors (Lipinski definition) is 2. The molecule has 164 valence electrons. The molecule has 0 bridgehead atoms. The zero-order valence-electron chi connectivity index (χ0n) is 18.3. The minimum absolute atomic E-state index is 0.0361. The van der Waals surface area contributed by atoms with Crippen molar-refractivity contribution >= 4 is 22.6 Å². The van der Waals surface area contributed by atoms with Crippen LogP contribution in [0, 0.1) is 5.41 Å². The summed E-state index contributed by atoms with van der Waals surface area (Å²) < 4.78 is 3.15. The Labute approximate surface area is 185 Å². The summed E-state index contributed by atoms with van der Waals surface area (Å²) in [6, 6.07) is 16.3. The first kappa shape index (κ1) is 21.5. The number of nitrogens with zero attached hydrogens (tertiary/aromatic N) is 3. The second-order valence-corrected chi connectivity index (χ2v) is 7.91. The van der Waals surface area contributed by atoms with Crippen LogP contribution < -0.4 is 16.4 Å². The molecule has 1 aromatic carbocycles. The molecule has 1 amide bonds. The van der Waals surface area contributed by atoms with Crippen molar-refractivity contribution in [1.82, 2.24) is 19.3 Å². The molecule has 3 heterocycles. The van der Waals surface area contributed by atoms with E-state index in [9.17, 15) is 9.59 Å². The van der Waals surface area contributed by atoms with Crippen LogP contribution in [0.1, 0.15) is 55.1 Å². The van der Waals surface area contributed by atoms with Gasteiger partial charge in [0.1, 0.15) is 16.8 Å². The topological polar surface area (TPSA) is 92.2 Å². The minimum Gasteiger partial charge on any atom is -0.352 e. The van der Waals surface area contributed by atoms with E-state index in [1.54, 1.807) is 22.9 Å². The van der Waals surface area contributed by atoms with Gasteiger partial charge in [-0.05, 0) is 37.1 Å². The van der Waals surface area contributed by atoms with Gasteiger partial charge in [0.25, 0.3) is 11.5 Å². The largest absolute Gasteiger partial charge is 0.352 e. The molecule has 4 rings (SSSR count). The van der Waals surface area contributed by atoms with Crippen LogP contribution in [-0.2, 0) is 0 Å². The van der Waals surface area contributed by atoms with Crippen molar-refractivity contribution in [3.05, 3.63) is 87.8 Å². The van der Waals surface area contributed by atoms with Crippen LogP contribution in [0.15, 0.2) is 65.6 Å². The van der Waals surface area contributed by atoms with Gasteiger partial charge in [-0.3, -0.25) is 19.4 Å². The van der Waals surface area contributed by atoms with Gasteiger partial charge >= 0.3 is 0 Å². The third kappa shape index (κ3) is 3.93. The third-order valence-corrected chi connectivity index (χ3v) is 5.74. The Hall–Kier alpha value is -3.74. The normalized spacial score (nSPS) is 12.2. The van der Waals surface area contributed by atoms with E-state index in [-0.39, 0.29) is 28.6 Å². The molecule has 7 heteroatoms. The number of benzene rings is 1. The van der Waals surface area contributed by atoms with Gasteiger partial charge in [-0.25, -0.2) is 4.98 Å². The Balaban J connectivity index is 1.96. The predicted octanol–water partition coefficient (Wildman–Crippen LogP) is 3.66. The van der Waals surface area contributed by atoms with Gasteiger partial charge in [0.15, 0.2) is 0 Å². The average Bonchev–Trinajstić information content (AvgIpc) is 2.82. The van der Waals surface area contributed by atoms with Crippen molar-refractivity contribution in [3.8, 4) is 0 Å². The van der Waals surface area contributed by atoms with Crippen molar-refractivity contribution in [2.45, 2.75) is 39.2 Å². The van der Waals surface area contributed by atoms with E-state index in [1.807, 2.05) is 43.3 Å². The van der Waals surface area contributed by atoms with Crippen LogP contribution in [0.5, 0.6) is 0 Å². The summed E-state index contributed by atoms with van der Waals surface area (Å²) in [6.45, 7) is 4.59. The fraction of sp³-hybridized carbons (Fsp3) is 0.280. The first-order valence-corrected chi connectivity index (χ1v) is 11.0. The van der Waals surface area contributed by atoms with Gasteiger partial charge in [-0.1, -0.05) is 56.2 Å². The Morgan fingerprint density at radius 1 is 1.12 bits per heavy atom. The Morgan fingerprint density at radius 3 is 2.62 bits per heavy atom. The van der Waals surface area contributed by atoms with Crippen LogP contribution in [0.2, 0.25) is 0 Å². The highest BCUT2D eigenvalue weighted by molar-refractivity contribution is 5.96. The van der Waals surface area contributed by atoms with Crippen molar-refractivity contribution in [2.75, 3.05) is 6.54 Å². The summed E-state index contributed by atoms with van der Waals surface area (Å²) in [5.74, 6) is -0.348. The highest BCUT2D eigenvalue weighted by Gasteiger charge is 2.20. The Kier molecular flexibility index (Phi) is 6.16. The van der Waals surface area contributed by atoms with E-state index in [1.165, 1.54) is 10.5 Å². The van der Waals surface area contributed by atoms with Crippen LogP contribution >= 0.6 is 0 Å². The lowest BCUT2D eigenvalue weighted by atomic mass is 10.1. The van der Waals surface area contributed by atoms with Gasteiger partial charge in [0, 0.05) is 12.7 Å². The lowest BCUT2D eigenvalue weighted by Crippen LogP contribution is -2.36. The predicted molar refractivity (Wildman–Crippen MR) is 125 cm³/mol. The maximum Gasteiger partial charge on any atom is 0.267 e. The van der Waals surface area contributed by atoms with Gasteiger partial charge in [-0.15, -0.1) is 0 Å². The van der Waals surface area contributed by atoms with Crippen LogP contribution in [0.4, 0.5) is 0 Å². The number of fused-ring (bicyclic) bond motifs is 2. The third-order valence-electron chi connectivity index (χ3n) is 5.74. The lowest BCUT2D eigenvalue weighted by molar-refractivity contribution is 0.0950. The second kappa shape index (κ2) is 9.18. The molecule has 0 radical (unpaired) electrons. The number of carbonyl (C=O) groups is 1. The number of unbranched alkanes of at least 4 members (excludes halogenated alkanes) is 2. The minimum atomic E-state index is -0.348. The van der Waals surface area contributed by atoms with Crippen LogP contribution in [-0.4, -0.2) is 26.4 Å². The molecule has 0 saturated heterocycles. The smallest absolute Gasteiger partial charge is 0.267 e. The summed E-state index contributed by atoms with van der Waals surface area (Å²) in [5, 5.41) is 12.1. The molecule has 1 atom stereocenters. The number of hydrogen-bond acceptors (Lipinski definition) is 4. The van der Waals surface area contributed by atoms with Crippen molar-refractivity contribution < 1.29 is 4.79 Å². The van der Waals surface area contributed by atoms with E-state index < -0.39 is 0 Å². The Morgan fingerprint density at radius 2 is 1.88 bits per heavy atom. The summed E-state index contributed by atoms with van der Waals surface area (Å²) in [4.78, 5) is 31.0. The molecule has 0 aliphatic rings. The van der Waals surface area contributed by atoms with E-state index in [4.69, 9.17) is 10.4 Å². The molecule has 0 saturated carbocycles. The molecule has 3 aromatic heterocycles. The molecule has 1 unspecified atom stereocenters. The number of aromatic nitrogens is 3. The molecule has 2 N–H and O–H groups in total. The standard InChI is InChI=1S/C25H27N5O2/c1-3-4-9-14-27-24(31)19-16-20-23(28-21-13-8-10-15-29(21)25(20)32)30(22(19)26)17(2)18-11-6-5-7-12-18/h5-8,10-13,15-17,26H,3-4,9,14H2,1-2H3,(H,27,31). The van der Waals surface area contributed by atoms with Crippen LogP contribution in [0.3, 0.4) is 0 Å². The van der Waals surface area contributed by atoms with Gasteiger partial charge in [0.2, 0.25) is 0 Å². The monoisotopic (exact) mass is 429 g/mol. The van der Waals surface area contributed by atoms with E-state index in [0.29, 0.717) is 23.2 Å². The summed E-state index contributed by atoms with van der Waals surface area (Å²) in [6.07, 6.45) is 4.61. The highest BCUT2D eigenvalue weighted by atomic mass is 16.1. The molecular weight excluding hydrogens is 402 g/mol.